The van der Waals surface area contributed by atoms with Crippen LogP contribution >= 0.6 is 0 Å². The van der Waals surface area contributed by atoms with Gasteiger partial charge in [0, 0.05) is 19.3 Å². The second-order valence-corrected chi connectivity index (χ2v) is 10.4. The summed E-state index contributed by atoms with van der Waals surface area (Å²) in [6, 6.07) is 5.95. The third-order valence-electron chi connectivity index (χ3n) is 4.12. The van der Waals surface area contributed by atoms with Gasteiger partial charge >= 0.3 is 0 Å². The molecule has 0 spiro atoms. The van der Waals surface area contributed by atoms with Crippen molar-refractivity contribution in [2.75, 3.05) is 31.3 Å². The molecule has 24 heavy (non-hydrogen) atoms. The van der Waals surface area contributed by atoms with Crippen molar-refractivity contribution in [1.29, 1.82) is 0 Å². The molecule has 2 atom stereocenters. The summed E-state index contributed by atoms with van der Waals surface area (Å²) in [5, 5.41) is 2.15. The maximum atomic E-state index is 12.8. The van der Waals surface area contributed by atoms with Crippen molar-refractivity contribution in [1.82, 2.24) is 5.32 Å². The third-order valence-corrected chi connectivity index (χ3v) is 8.29. The van der Waals surface area contributed by atoms with Crippen molar-refractivity contribution in [3.05, 3.63) is 29.8 Å². The second-order valence-electron chi connectivity index (χ2n) is 6.08. The highest BCUT2D eigenvalue weighted by Gasteiger charge is 2.45. The summed E-state index contributed by atoms with van der Waals surface area (Å²) in [6.07, 6.45) is 0.710. The van der Waals surface area contributed by atoms with Gasteiger partial charge in [0.15, 0.2) is 19.7 Å². The van der Waals surface area contributed by atoms with E-state index in [0.717, 1.165) is 5.56 Å². The molecule has 0 unspecified atom stereocenters. The zero-order chi connectivity index (χ0) is 17.8. The molecule has 0 bridgehead atoms. The van der Waals surface area contributed by atoms with Gasteiger partial charge in [-0.2, -0.15) is 0 Å². The lowest BCUT2D eigenvalue weighted by atomic mass is 10.2. The van der Waals surface area contributed by atoms with Crippen LogP contribution in [0.5, 0.6) is 0 Å². The molecule has 2 rings (SSSR count). The van der Waals surface area contributed by atoms with Crippen LogP contribution in [0.1, 0.15) is 18.9 Å². The Morgan fingerprint density at radius 1 is 1.21 bits per heavy atom. The highest BCUT2D eigenvalue weighted by Crippen LogP contribution is 2.26. The molecule has 1 saturated heterocycles. The molecule has 136 valence electrons. The molecule has 1 N–H and O–H groups in total. The summed E-state index contributed by atoms with van der Waals surface area (Å²) in [5.74, 6) is -0.469. The lowest BCUT2D eigenvalue weighted by Gasteiger charge is -2.20. The van der Waals surface area contributed by atoms with Crippen LogP contribution in [0.3, 0.4) is 0 Å². The Balaban J connectivity index is 2.13. The van der Waals surface area contributed by atoms with E-state index < -0.39 is 31.0 Å². The monoisotopic (exact) mass is 375 g/mol. The Labute approximate surface area is 144 Å². The Bertz CT molecular complexity index is 741. The van der Waals surface area contributed by atoms with Crippen LogP contribution in [0.15, 0.2) is 29.2 Å². The molecule has 8 heteroatoms. The van der Waals surface area contributed by atoms with Crippen molar-refractivity contribution in [2.45, 2.75) is 36.5 Å². The topological polar surface area (TPSA) is 89.5 Å². The minimum Gasteiger partial charge on any atom is -0.382 e. The predicted octanol–water partition coefficient (Wildman–Crippen LogP) is 0.951. The molecule has 6 nitrogen and oxygen atoms in total. The fraction of sp³-hybridized carbons (Fsp3) is 0.625. The number of aryl methyl sites for hydroxylation is 1. The molecule has 1 aromatic rings. The van der Waals surface area contributed by atoms with Crippen molar-refractivity contribution in [3.63, 3.8) is 0 Å². The van der Waals surface area contributed by atoms with Gasteiger partial charge in [-0.05, 0) is 38.9 Å². The van der Waals surface area contributed by atoms with Gasteiger partial charge in [0.2, 0.25) is 0 Å². The SMILES string of the molecule is CCOCCCN[C@@H]1CS(=O)(=O)C[C@H]1S(=O)(=O)c1ccc(C)cc1. The smallest absolute Gasteiger partial charge is 0.183 e. The fourth-order valence-electron chi connectivity index (χ4n) is 2.82. The molecule has 0 saturated carbocycles. The minimum atomic E-state index is -3.70. The Hall–Kier alpha value is -0.960. The molecule has 0 aliphatic carbocycles. The number of nitrogens with one attached hydrogen (secondary N) is 1. The number of rotatable bonds is 8. The van der Waals surface area contributed by atoms with Crippen LogP contribution in [0.4, 0.5) is 0 Å². The molecule has 1 fully saturated rings. The molecular weight excluding hydrogens is 350 g/mol. The van der Waals surface area contributed by atoms with E-state index in [2.05, 4.69) is 5.32 Å². The molecule has 1 aliphatic heterocycles. The van der Waals surface area contributed by atoms with Crippen LogP contribution in [0, 0.1) is 6.92 Å². The average molecular weight is 376 g/mol. The summed E-state index contributed by atoms with van der Waals surface area (Å²) in [6.45, 7) is 5.50. The van der Waals surface area contributed by atoms with Crippen molar-refractivity contribution in [2.24, 2.45) is 0 Å². The summed E-state index contributed by atoms with van der Waals surface area (Å²) >= 11 is 0. The lowest BCUT2D eigenvalue weighted by molar-refractivity contribution is 0.144. The van der Waals surface area contributed by atoms with E-state index >= 15 is 0 Å². The fourth-order valence-corrected chi connectivity index (χ4v) is 7.54. The number of hydrogen-bond donors (Lipinski definition) is 1. The van der Waals surface area contributed by atoms with Gasteiger partial charge in [-0.1, -0.05) is 17.7 Å². The Morgan fingerprint density at radius 2 is 1.88 bits per heavy atom. The molecule has 1 heterocycles. The predicted molar refractivity (Wildman–Crippen MR) is 93.7 cm³/mol. The first-order valence-corrected chi connectivity index (χ1v) is 11.4. The van der Waals surface area contributed by atoms with Gasteiger partial charge in [0.05, 0.1) is 21.7 Å². The maximum Gasteiger partial charge on any atom is 0.183 e. The number of benzene rings is 1. The molecule has 0 radical (unpaired) electrons. The zero-order valence-electron chi connectivity index (χ0n) is 14.1. The van der Waals surface area contributed by atoms with E-state index in [1.54, 1.807) is 24.3 Å². The summed E-state index contributed by atoms with van der Waals surface area (Å²) in [5.41, 5.74) is 0.957. The van der Waals surface area contributed by atoms with Crippen LogP contribution in [0.25, 0.3) is 0 Å². The molecule has 1 aliphatic rings. The maximum absolute atomic E-state index is 12.8. The molecule has 0 amide bonds. The van der Waals surface area contributed by atoms with E-state index in [4.69, 9.17) is 4.74 Å². The van der Waals surface area contributed by atoms with Gasteiger partial charge < -0.3 is 10.1 Å². The molecule has 0 aromatic heterocycles. The van der Waals surface area contributed by atoms with E-state index in [1.165, 1.54) is 0 Å². The normalized spacial score (nSPS) is 23.4. The standard InChI is InChI=1S/C16H25NO5S2/c1-3-22-10-4-9-17-15-11-23(18,19)12-16(15)24(20,21)14-7-5-13(2)6-8-14/h5-8,15-17H,3-4,9-12H2,1-2H3/t15-,16-/m1/s1. The minimum absolute atomic E-state index is 0.141. The summed E-state index contributed by atoms with van der Waals surface area (Å²) in [7, 11) is -7.06. The van der Waals surface area contributed by atoms with Crippen molar-refractivity contribution >= 4 is 19.7 Å². The van der Waals surface area contributed by atoms with Crippen LogP contribution in [-0.4, -0.2) is 59.4 Å². The number of sulfone groups is 2. The van der Waals surface area contributed by atoms with Gasteiger partial charge in [0.1, 0.15) is 0 Å². The number of ether oxygens (including phenoxy) is 1. The third kappa shape index (κ3) is 4.78. The van der Waals surface area contributed by atoms with Gasteiger partial charge in [0.25, 0.3) is 0 Å². The van der Waals surface area contributed by atoms with Crippen LogP contribution < -0.4 is 5.32 Å². The second kappa shape index (κ2) is 7.95. The highest BCUT2D eigenvalue weighted by molar-refractivity contribution is 7.96. The Kier molecular flexibility index (Phi) is 6.41. The van der Waals surface area contributed by atoms with Crippen LogP contribution in [0.2, 0.25) is 0 Å². The quantitative estimate of drug-likeness (QED) is 0.681. The summed E-state index contributed by atoms with van der Waals surface area (Å²) < 4.78 is 54.9. The van der Waals surface area contributed by atoms with Crippen molar-refractivity contribution in [3.8, 4) is 0 Å². The molecule has 1 aromatic carbocycles. The lowest BCUT2D eigenvalue weighted by Crippen LogP contribution is -2.43. The van der Waals surface area contributed by atoms with Gasteiger partial charge in [-0.3, -0.25) is 0 Å². The Morgan fingerprint density at radius 3 is 2.50 bits per heavy atom. The first-order valence-electron chi connectivity index (χ1n) is 8.08. The van der Waals surface area contributed by atoms with E-state index in [0.29, 0.717) is 26.2 Å². The largest absolute Gasteiger partial charge is 0.382 e. The highest BCUT2D eigenvalue weighted by atomic mass is 32.2. The van der Waals surface area contributed by atoms with E-state index in [9.17, 15) is 16.8 Å². The first-order chi connectivity index (χ1) is 11.3. The average Bonchev–Trinajstić information content (AvgIpc) is 2.83. The van der Waals surface area contributed by atoms with Crippen molar-refractivity contribution < 1.29 is 21.6 Å². The van der Waals surface area contributed by atoms with Gasteiger partial charge in [-0.15, -0.1) is 0 Å². The van der Waals surface area contributed by atoms with E-state index in [1.807, 2.05) is 13.8 Å². The zero-order valence-corrected chi connectivity index (χ0v) is 15.7. The van der Waals surface area contributed by atoms with Gasteiger partial charge in [-0.25, -0.2) is 16.8 Å². The summed E-state index contributed by atoms with van der Waals surface area (Å²) in [4.78, 5) is 0.177. The van der Waals surface area contributed by atoms with Crippen LogP contribution in [-0.2, 0) is 24.4 Å². The molecular formula is C16H25NO5S2. The number of hydrogen-bond acceptors (Lipinski definition) is 6. The van der Waals surface area contributed by atoms with E-state index in [-0.39, 0.29) is 16.4 Å². The first kappa shape index (κ1) is 19.4.